The fourth-order valence-electron chi connectivity index (χ4n) is 2.65. The van der Waals surface area contributed by atoms with Gasteiger partial charge < -0.3 is 10.2 Å². The average Bonchev–Trinajstić information content (AvgIpc) is 2.93. The van der Waals surface area contributed by atoms with Crippen LogP contribution in [-0.2, 0) is 4.79 Å². The minimum atomic E-state index is -0.407. The summed E-state index contributed by atoms with van der Waals surface area (Å²) >= 11 is 0. The summed E-state index contributed by atoms with van der Waals surface area (Å²) in [5, 5.41) is 6.95. The van der Waals surface area contributed by atoms with Crippen LogP contribution in [0.5, 0.6) is 0 Å². The second kappa shape index (κ2) is 5.51. The van der Waals surface area contributed by atoms with Gasteiger partial charge in [0.1, 0.15) is 11.6 Å². The normalized spacial score (nSPS) is 18.8. The van der Waals surface area contributed by atoms with Crippen molar-refractivity contribution in [2.45, 2.75) is 25.8 Å². The molecule has 2 amide bonds. The number of hydrogen-bond donors (Lipinski definition) is 1. The molecule has 7 heteroatoms. The first-order valence-electron chi connectivity index (χ1n) is 7.09. The molecule has 0 bridgehead atoms. The molecule has 1 N–H and O–H groups in total. The molecule has 3 heterocycles. The van der Waals surface area contributed by atoms with Gasteiger partial charge in [-0.2, -0.15) is 5.10 Å². The van der Waals surface area contributed by atoms with Gasteiger partial charge in [-0.3, -0.25) is 9.59 Å². The molecule has 2 aromatic rings. The summed E-state index contributed by atoms with van der Waals surface area (Å²) in [6.07, 6.45) is 6.38. The Labute approximate surface area is 122 Å². The van der Waals surface area contributed by atoms with Crippen molar-refractivity contribution in [3.05, 3.63) is 30.2 Å². The Kier molecular flexibility index (Phi) is 3.55. The van der Waals surface area contributed by atoms with Crippen molar-refractivity contribution < 1.29 is 9.59 Å². The van der Waals surface area contributed by atoms with Gasteiger partial charge in [0.2, 0.25) is 5.91 Å². The number of fused-ring (bicyclic) bond motifs is 1. The number of aromatic nitrogens is 3. The maximum absolute atomic E-state index is 12.8. The number of carbonyl (C=O) groups excluding carboxylic acids is 2. The van der Waals surface area contributed by atoms with Crippen LogP contribution in [-0.4, -0.2) is 50.4 Å². The van der Waals surface area contributed by atoms with Gasteiger partial charge in [-0.15, -0.1) is 0 Å². The van der Waals surface area contributed by atoms with Gasteiger partial charge in [0.25, 0.3) is 5.91 Å². The van der Waals surface area contributed by atoms with Gasteiger partial charge in [-0.05, 0) is 12.5 Å². The molecule has 1 unspecified atom stereocenters. The van der Waals surface area contributed by atoms with Crippen molar-refractivity contribution in [2.75, 3.05) is 13.1 Å². The summed E-state index contributed by atoms with van der Waals surface area (Å²) in [6, 6.07) is 1.34. The summed E-state index contributed by atoms with van der Waals surface area (Å²) in [7, 11) is 0. The van der Waals surface area contributed by atoms with E-state index in [0.717, 1.165) is 6.42 Å². The van der Waals surface area contributed by atoms with Crippen LogP contribution in [0.15, 0.2) is 24.7 Å². The van der Waals surface area contributed by atoms with Crippen molar-refractivity contribution in [2.24, 2.45) is 0 Å². The zero-order chi connectivity index (χ0) is 14.8. The minimum absolute atomic E-state index is 0.0825. The Hall–Kier alpha value is -2.44. The smallest absolute Gasteiger partial charge is 0.260 e. The lowest BCUT2D eigenvalue weighted by molar-refractivity contribution is -0.128. The van der Waals surface area contributed by atoms with Gasteiger partial charge >= 0.3 is 0 Å². The Bertz CT molecular complexity index is 681. The van der Waals surface area contributed by atoms with Crippen molar-refractivity contribution in [3.8, 4) is 0 Å². The number of hydrogen-bond acceptors (Lipinski definition) is 4. The second-order valence-electron chi connectivity index (χ2n) is 5.04. The van der Waals surface area contributed by atoms with Gasteiger partial charge in [0, 0.05) is 25.5 Å². The highest BCUT2D eigenvalue weighted by Crippen LogP contribution is 2.17. The van der Waals surface area contributed by atoms with Crippen molar-refractivity contribution in [1.29, 1.82) is 0 Å². The lowest BCUT2D eigenvalue weighted by Gasteiger charge is -2.34. The van der Waals surface area contributed by atoms with Gasteiger partial charge in [0.15, 0.2) is 5.65 Å². The number of carbonyl (C=O) groups is 2. The largest absolute Gasteiger partial charge is 0.353 e. The number of nitrogens with one attached hydrogen (secondary N) is 1. The first-order valence-corrected chi connectivity index (χ1v) is 7.09. The predicted octanol–water partition coefficient (Wildman–Crippen LogP) is 0.470. The third kappa shape index (κ3) is 2.35. The monoisotopic (exact) mass is 287 g/mol. The van der Waals surface area contributed by atoms with Gasteiger partial charge in [-0.25, -0.2) is 9.50 Å². The molecule has 1 atom stereocenters. The molecule has 2 aromatic heterocycles. The van der Waals surface area contributed by atoms with E-state index in [9.17, 15) is 9.59 Å². The summed E-state index contributed by atoms with van der Waals surface area (Å²) in [5.74, 6) is -0.266. The van der Waals surface area contributed by atoms with E-state index in [0.29, 0.717) is 30.7 Å². The Morgan fingerprint density at radius 1 is 1.52 bits per heavy atom. The third-order valence-electron chi connectivity index (χ3n) is 3.66. The van der Waals surface area contributed by atoms with E-state index < -0.39 is 6.04 Å². The van der Waals surface area contributed by atoms with Crippen LogP contribution in [0.2, 0.25) is 0 Å². The molecule has 1 aliphatic heterocycles. The molecular formula is C14H17N5O2. The van der Waals surface area contributed by atoms with E-state index >= 15 is 0 Å². The van der Waals surface area contributed by atoms with Gasteiger partial charge in [-0.1, -0.05) is 13.3 Å². The van der Waals surface area contributed by atoms with E-state index in [1.807, 2.05) is 6.92 Å². The topological polar surface area (TPSA) is 79.6 Å². The molecule has 1 saturated heterocycles. The molecule has 21 heavy (non-hydrogen) atoms. The SMILES string of the molecule is CCCC1C(=O)NCCN1C(=O)c1cnn2cccnc12. The quantitative estimate of drug-likeness (QED) is 0.890. The molecule has 0 radical (unpaired) electrons. The molecule has 0 saturated carbocycles. The fourth-order valence-corrected chi connectivity index (χ4v) is 2.65. The van der Waals surface area contributed by atoms with Crippen molar-refractivity contribution in [3.63, 3.8) is 0 Å². The highest BCUT2D eigenvalue weighted by molar-refractivity contribution is 6.02. The van der Waals surface area contributed by atoms with Crippen LogP contribution in [0.3, 0.4) is 0 Å². The summed E-state index contributed by atoms with van der Waals surface area (Å²) < 4.78 is 1.56. The third-order valence-corrected chi connectivity index (χ3v) is 3.66. The number of rotatable bonds is 3. The second-order valence-corrected chi connectivity index (χ2v) is 5.04. The van der Waals surface area contributed by atoms with Crippen LogP contribution >= 0.6 is 0 Å². The highest BCUT2D eigenvalue weighted by atomic mass is 16.2. The van der Waals surface area contributed by atoms with Crippen LogP contribution in [0.4, 0.5) is 0 Å². The first kappa shape index (κ1) is 13.5. The summed E-state index contributed by atoms with van der Waals surface area (Å²) in [4.78, 5) is 30.6. The van der Waals surface area contributed by atoms with E-state index in [2.05, 4.69) is 15.4 Å². The highest BCUT2D eigenvalue weighted by Gasteiger charge is 2.33. The molecule has 0 aromatic carbocycles. The maximum atomic E-state index is 12.8. The molecule has 0 aliphatic carbocycles. The summed E-state index contributed by atoms with van der Waals surface area (Å²) in [5.41, 5.74) is 0.954. The minimum Gasteiger partial charge on any atom is -0.353 e. The Morgan fingerprint density at radius 3 is 3.19 bits per heavy atom. The Balaban J connectivity index is 1.94. The molecule has 0 spiro atoms. The molecule has 110 valence electrons. The van der Waals surface area contributed by atoms with E-state index in [4.69, 9.17) is 0 Å². The fraction of sp³-hybridized carbons (Fsp3) is 0.429. The van der Waals surface area contributed by atoms with Crippen LogP contribution < -0.4 is 5.32 Å². The lowest BCUT2D eigenvalue weighted by Crippen LogP contribution is -2.57. The average molecular weight is 287 g/mol. The number of amides is 2. The number of nitrogens with zero attached hydrogens (tertiary/aromatic N) is 4. The molecule has 1 fully saturated rings. The molecule has 7 nitrogen and oxygen atoms in total. The predicted molar refractivity (Wildman–Crippen MR) is 75.7 cm³/mol. The van der Waals surface area contributed by atoms with E-state index in [1.165, 1.54) is 6.20 Å². The summed E-state index contributed by atoms with van der Waals surface area (Å²) in [6.45, 7) is 3.00. The van der Waals surface area contributed by atoms with E-state index in [1.54, 1.807) is 27.9 Å². The standard InChI is InChI=1S/C14H17N5O2/c1-2-4-11-13(20)16-6-8-18(11)14(21)10-9-17-19-7-3-5-15-12(10)19/h3,5,7,9,11H,2,4,6,8H2,1H3,(H,16,20). The zero-order valence-corrected chi connectivity index (χ0v) is 11.8. The van der Waals surface area contributed by atoms with Gasteiger partial charge in [0.05, 0.1) is 6.20 Å². The Morgan fingerprint density at radius 2 is 2.38 bits per heavy atom. The van der Waals surface area contributed by atoms with Crippen molar-refractivity contribution in [1.82, 2.24) is 24.8 Å². The zero-order valence-electron chi connectivity index (χ0n) is 11.8. The van der Waals surface area contributed by atoms with Crippen LogP contribution in [0.1, 0.15) is 30.1 Å². The van der Waals surface area contributed by atoms with E-state index in [-0.39, 0.29) is 11.8 Å². The molecule has 3 rings (SSSR count). The number of piperazine rings is 1. The lowest BCUT2D eigenvalue weighted by atomic mass is 10.1. The first-order chi connectivity index (χ1) is 10.2. The molecule has 1 aliphatic rings. The maximum Gasteiger partial charge on any atom is 0.260 e. The van der Waals surface area contributed by atoms with Crippen LogP contribution in [0.25, 0.3) is 5.65 Å². The van der Waals surface area contributed by atoms with Crippen LogP contribution in [0, 0.1) is 0 Å². The molecular weight excluding hydrogens is 270 g/mol. The van der Waals surface area contributed by atoms with Crippen molar-refractivity contribution >= 4 is 17.5 Å².